The Hall–Kier alpha value is -2.94. The van der Waals surface area contributed by atoms with Crippen LogP contribution in [0.15, 0.2) is 60.8 Å². The Kier molecular flexibility index (Phi) is 2.15. The Morgan fingerprint density at radius 1 is 0.864 bits per heavy atom. The SMILES string of the molecule is Cn1c2ccccc2c2c3nc4ccccc4c-3ccnc21. The maximum absolute atomic E-state index is 4.89. The summed E-state index contributed by atoms with van der Waals surface area (Å²) in [6, 6.07) is 18.8. The van der Waals surface area contributed by atoms with Crippen molar-refractivity contribution < 1.29 is 0 Å². The largest absolute Gasteiger partial charge is 0.328 e. The standard InChI is InChI=1S/C19H13N3/c1-22-16-9-5-3-7-14(16)17-18-13(10-11-20-19(17)22)12-6-2-4-8-15(12)21-18/h2-11H,1H3. The van der Waals surface area contributed by atoms with Gasteiger partial charge in [-0.1, -0.05) is 36.4 Å². The first-order valence-corrected chi connectivity index (χ1v) is 7.35. The van der Waals surface area contributed by atoms with Crippen LogP contribution < -0.4 is 0 Å². The van der Waals surface area contributed by atoms with Crippen molar-refractivity contribution in [3.8, 4) is 11.3 Å². The van der Waals surface area contributed by atoms with Gasteiger partial charge in [-0.25, -0.2) is 9.97 Å². The van der Waals surface area contributed by atoms with Gasteiger partial charge in [-0.3, -0.25) is 0 Å². The van der Waals surface area contributed by atoms with Crippen molar-refractivity contribution in [3.63, 3.8) is 0 Å². The highest BCUT2D eigenvalue weighted by Gasteiger charge is 2.18. The van der Waals surface area contributed by atoms with E-state index < -0.39 is 0 Å². The molecule has 2 aliphatic rings. The highest BCUT2D eigenvalue weighted by atomic mass is 15.0. The molecule has 3 aromatic rings. The van der Waals surface area contributed by atoms with E-state index in [2.05, 4.69) is 65.1 Å². The van der Waals surface area contributed by atoms with Crippen molar-refractivity contribution in [1.29, 1.82) is 0 Å². The van der Waals surface area contributed by atoms with E-state index in [1.54, 1.807) is 0 Å². The lowest BCUT2D eigenvalue weighted by atomic mass is 10.1. The van der Waals surface area contributed by atoms with Crippen LogP contribution in [0.1, 0.15) is 0 Å². The molecule has 2 aliphatic heterocycles. The number of fused-ring (bicyclic) bond motifs is 7. The van der Waals surface area contributed by atoms with Gasteiger partial charge in [0.1, 0.15) is 5.65 Å². The molecule has 0 atom stereocenters. The van der Waals surface area contributed by atoms with Gasteiger partial charge in [0.05, 0.1) is 22.1 Å². The number of nitrogens with zero attached hydrogens (tertiary/aromatic N) is 3. The quantitative estimate of drug-likeness (QED) is 0.422. The molecule has 22 heavy (non-hydrogen) atoms. The van der Waals surface area contributed by atoms with Crippen LogP contribution in [0.5, 0.6) is 0 Å². The Bertz CT molecular complexity index is 1140. The summed E-state index contributed by atoms with van der Waals surface area (Å²) < 4.78 is 2.14. The normalized spacial score (nSPS) is 11.9. The molecule has 0 bridgehead atoms. The third-order valence-corrected chi connectivity index (χ3v) is 4.43. The van der Waals surface area contributed by atoms with E-state index in [4.69, 9.17) is 4.98 Å². The Morgan fingerprint density at radius 2 is 1.64 bits per heavy atom. The minimum absolute atomic E-state index is 0.971. The number of para-hydroxylation sites is 2. The predicted octanol–water partition coefficient (Wildman–Crippen LogP) is 4.38. The molecule has 104 valence electrons. The molecular weight excluding hydrogens is 270 g/mol. The molecule has 3 nitrogen and oxygen atoms in total. The molecule has 0 spiro atoms. The number of benzene rings is 2. The van der Waals surface area contributed by atoms with Crippen molar-refractivity contribution in [1.82, 2.24) is 14.5 Å². The fourth-order valence-corrected chi connectivity index (χ4v) is 3.41. The Labute approximate surface area is 127 Å². The van der Waals surface area contributed by atoms with Crippen molar-refractivity contribution in [2.75, 3.05) is 0 Å². The number of aryl methyl sites for hydroxylation is 1. The van der Waals surface area contributed by atoms with E-state index in [-0.39, 0.29) is 0 Å². The minimum Gasteiger partial charge on any atom is -0.328 e. The summed E-state index contributed by atoms with van der Waals surface area (Å²) in [5, 5.41) is 3.52. The van der Waals surface area contributed by atoms with Crippen LogP contribution in [0, 0.1) is 0 Å². The predicted molar refractivity (Wildman–Crippen MR) is 90.1 cm³/mol. The van der Waals surface area contributed by atoms with Crippen LogP contribution in [0.2, 0.25) is 0 Å². The lowest BCUT2D eigenvalue weighted by Crippen LogP contribution is -1.87. The van der Waals surface area contributed by atoms with Crippen molar-refractivity contribution in [2.45, 2.75) is 0 Å². The van der Waals surface area contributed by atoms with Gasteiger partial charge in [0.2, 0.25) is 0 Å². The first-order chi connectivity index (χ1) is 10.8. The molecule has 0 saturated carbocycles. The van der Waals surface area contributed by atoms with E-state index in [0.717, 1.165) is 27.8 Å². The van der Waals surface area contributed by atoms with Crippen LogP contribution in [-0.4, -0.2) is 14.5 Å². The van der Waals surface area contributed by atoms with Gasteiger partial charge in [0.15, 0.2) is 0 Å². The minimum atomic E-state index is 0.971. The van der Waals surface area contributed by atoms with E-state index in [0.29, 0.717) is 0 Å². The number of rotatable bonds is 0. The summed E-state index contributed by atoms with van der Waals surface area (Å²) in [5.41, 5.74) is 5.39. The summed E-state index contributed by atoms with van der Waals surface area (Å²) in [4.78, 5) is 9.55. The van der Waals surface area contributed by atoms with Crippen LogP contribution >= 0.6 is 0 Å². The number of aromatic nitrogens is 3. The van der Waals surface area contributed by atoms with Gasteiger partial charge in [-0.15, -0.1) is 0 Å². The van der Waals surface area contributed by atoms with Gasteiger partial charge < -0.3 is 4.57 Å². The monoisotopic (exact) mass is 283 g/mol. The lowest BCUT2D eigenvalue weighted by Gasteiger charge is -1.94. The Balaban J connectivity index is 2.12. The average molecular weight is 283 g/mol. The third kappa shape index (κ3) is 1.35. The fourth-order valence-electron chi connectivity index (χ4n) is 3.41. The second-order valence-electron chi connectivity index (χ2n) is 5.61. The van der Waals surface area contributed by atoms with Gasteiger partial charge in [0, 0.05) is 29.6 Å². The molecule has 2 aromatic carbocycles. The number of hydrogen-bond acceptors (Lipinski definition) is 2. The fraction of sp³-hybridized carbons (Fsp3) is 0.0526. The first-order valence-electron chi connectivity index (χ1n) is 7.35. The topological polar surface area (TPSA) is 30.7 Å². The van der Waals surface area contributed by atoms with Gasteiger partial charge in [-0.05, 0) is 18.2 Å². The molecule has 0 aliphatic carbocycles. The zero-order chi connectivity index (χ0) is 14.7. The van der Waals surface area contributed by atoms with Gasteiger partial charge >= 0.3 is 0 Å². The molecule has 0 unspecified atom stereocenters. The molecule has 0 fully saturated rings. The molecule has 0 saturated heterocycles. The second kappa shape index (κ2) is 4.04. The molecule has 3 heterocycles. The summed E-state index contributed by atoms with van der Waals surface area (Å²) >= 11 is 0. The Morgan fingerprint density at radius 3 is 2.55 bits per heavy atom. The van der Waals surface area contributed by atoms with E-state index in [1.165, 1.54) is 16.3 Å². The summed E-state index contributed by atoms with van der Waals surface area (Å²) in [6.07, 6.45) is 1.89. The zero-order valence-corrected chi connectivity index (χ0v) is 12.1. The van der Waals surface area contributed by atoms with Crippen LogP contribution in [0.3, 0.4) is 0 Å². The van der Waals surface area contributed by atoms with E-state index in [1.807, 2.05) is 12.3 Å². The number of hydrogen-bond donors (Lipinski definition) is 0. The molecule has 0 amide bonds. The molecule has 5 rings (SSSR count). The highest BCUT2D eigenvalue weighted by Crippen LogP contribution is 2.38. The molecular formula is C19H13N3. The lowest BCUT2D eigenvalue weighted by molar-refractivity contribution is 0.991. The van der Waals surface area contributed by atoms with Crippen molar-refractivity contribution in [2.24, 2.45) is 7.05 Å². The highest BCUT2D eigenvalue weighted by molar-refractivity contribution is 6.16. The summed E-state index contributed by atoms with van der Waals surface area (Å²) in [5.74, 6) is 0. The van der Waals surface area contributed by atoms with Gasteiger partial charge in [0.25, 0.3) is 0 Å². The van der Waals surface area contributed by atoms with Crippen LogP contribution in [-0.2, 0) is 7.05 Å². The van der Waals surface area contributed by atoms with Gasteiger partial charge in [-0.2, -0.15) is 0 Å². The van der Waals surface area contributed by atoms with Crippen LogP contribution in [0.25, 0.3) is 44.1 Å². The van der Waals surface area contributed by atoms with Crippen molar-refractivity contribution >= 4 is 32.8 Å². The molecule has 0 N–H and O–H groups in total. The average Bonchev–Trinajstić information content (AvgIpc) is 2.97. The third-order valence-electron chi connectivity index (χ3n) is 4.43. The van der Waals surface area contributed by atoms with E-state index in [9.17, 15) is 0 Å². The maximum Gasteiger partial charge on any atom is 0.142 e. The van der Waals surface area contributed by atoms with Crippen LogP contribution in [0.4, 0.5) is 0 Å². The van der Waals surface area contributed by atoms with E-state index >= 15 is 0 Å². The second-order valence-corrected chi connectivity index (χ2v) is 5.61. The molecule has 3 heteroatoms. The first kappa shape index (κ1) is 11.7. The summed E-state index contributed by atoms with van der Waals surface area (Å²) in [7, 11) is 2.06. The molecule has 0 radical (unpaired) electrons. The zero-order valence-electron chi connectivity index (χ0n) is 12.1. The maximum atomic E-state index is 4.89. The van der Waals surface area contributed by atoms with Crippen molar-refractivity contribution in [3.05, 3.63) is 60.8 Å². The molecule has 1 aromatic heterocycles. The summed E-state index contributed by atoms with van der Waals surface area (Å²) in [6.45, 7) is 0. The smallest absolute Gasteiger partial charge is 0.142 e.